The van der Waals surface area contributed by atoms with Crippen LogP contribution in [0.4, 0.5) is 0 Å². The van der Waals surface area contributed by atoms with Crippen LogP contribution in [0.1, 0.15) is 52.4 Å². The summed E-state index contributed by atoms with van der Waals surface area (Å²) in [4.78, 5) is 2.43. The van der Waals surface area contributed by atoms with Crippen LogP contribution in [0.3, 0.4) is 0 Å². The van der Waals surface area contributed by atoms with Gasteiger partial charge in [-0.3, -0.25) is 4.90 Å². The molecule has 20 heavy (non-hydrogen) atoms. The highest BCUT2D eigenvalue weighted by Gasteiger charge is 2.37. The number of nitrogens with two attached hydrogens (primary N) is 1. The van der Waals surface area contributed by atoms with E-state index in [1.807, 2.05) is 0 Å². The second kappa shape index (κ2) is 7.76. The molecule has 0 aromatic rings. The Morgan fingerprint density at radius 2 is 1.85 bits per heavy atom. The third kappa shape index (κ3) is 5.01. The van der Waals surface area contributed by atoms with Crippen molar-refractivity contribution in [2.24, 2.45) is 11.7 Å². The van der Waals surface area contributed by atoms with Crippen molar-refractivity contribution in [2.75, 3.05) is 31.6 Å². The van der Waals surface area contributed by atoms with Crippen LogP contribution in [0.5, 0.6) is 0 Å². The van der Waals surface area contributed by atoms with Crippen molar-refractivity contribution in [1.82, 2.24) is 4.90 Å². The molecule has 1 rings (SSSR count). The molecular weight excluding hydrogens is 272 g/mol. The third-order valence-corrected chi connectivity index (χ3v) is 6.02. The topological polar surface area (TPSA) is 63.4 Å². The van der Waals surface area contributed by atoms with Gasteiger partial charge in [-0.25, -0.2) is 8.42 Å². The lowest BCUT2D eigenvalue weighted by molar-refractivity contribution is 0.0460. The van der Waals surface area contributed by atoms with Gasteiger partial charge in [0, 0.05) is 18.3 Å². The van der Waals surface area contributed by atoms with E-state index in [0.717, 1.165) is 31.8 Å². The summed E-state index contributed by atoms with van der Waals surface area (Å²) < 4.78 is 22.5. The van der Waals surface area contributed by atoms with Gasteiger partial charge >= 0.3 is 0 Å². The van der Waals surface area contributed by atoms with E-state index in [4.69, 9.17) is 5.73 Å². The number of nitrogens with zero attached hydrogens (tertiary/aromatic N) is 1. The molecule has 1 aliphatic rings. The van der Waals surface area contributed by atoms with Gasteiger partial charge in [0.15, 0.2) is 0 Å². The van der Waals surface area contributed by atoms with Crippen molar-refractivity contribution < 1.29 is 8.42 Å². The van der Waals surface area contributed by atoms with Crippen molar-refractivity contribution in [1.29, 1.82) is 0 Å². The van der Waals surface area contributed by atoms with E-state index >= 15 is 0 Å². The summed E-state index contributed by atoms with van der Waals surface area (Å²) >= 11 is 0. The molecule has 0 aromatic heterocycles. The maximum absolute atomic E-state index is 11.3. The van der Waals surface area contributed by atoms with Gasteiger partial charge in [0.25, 0.3) is 0 Å². The lowest BCUT2D eigenvalue weighted by atomic mass is 9.74. The number of hydrogen-bond donors (Lipinski definition) is 1. The zero-order chi connectivity index (χ0) is 15.2. The monoisotopic (exact) mass is 304 g/mol. The fourth-order valence-corrected chi connectivity index (χ4v) is 4.17. The highest BCUT2D eigenvalue weighted by Crippen LogP contribution is 2.37. The standard InChI is InChI=1S/C15H32N2O2S/c1-4-14-7-9-15(13-16,10-8-14)17(5-2)11-6-12-20(3,18)19/h14H,4-13,16H2,1-3H3. The summed E-state index contributed by atoms with van der Waals surface area (Å²) in [6.45, 7) is 6.92. The van der Waals surface area contributed by atoms with Gasteiger partial charge in [-0.1, -0.05) is 20.3 Å². The molecule has 0 atom stereocenters. The highest BCUT2D eigenvalue weighted by molar-refractivity contribution is 7.90. The smallest absolute Gasteiger partial charge is 0.147 e. The van der Waals surface area contributed by atoms with Crippen LogP contribution in [0, 0.1) is 5.92 Å². The largest absolute Gasteiger partial charge is 0.329 e. The fraction of sp³-hybridized carbons (Fsp3) is 1.00. The second-order valence-electron chi connectivity index (χ2n) is 6.34. The number of rotatable bonds is 8. The van der Waals surface area contributed by atoms with Gasteiger partial charge in [0.1, 0.15) is 9.84 Å². The van der Waals surface area contributed by atoms with Crippen LogP contribution < -0.4 is 5.73 Å². The van der Waals surface area contributed by atoms with Gasteiger partial charge in [0.2, 0.25) is 0 Å². The van der Waals surface area contributed by atoms with E-state index in [1.54, 1.807) is 0 Å². The Morgan fingerprint density at radius 3 is 2.25 bits per heavy atom. The summed E-state index contributed by atoms with van der Waals surface area (Å²) in [5.41, 5.74) is 6.21. The Kier molecular flexibility index (Phi) is 6.95. The van der Waals surface area contributed by atoms with Crippen molar-refractivity contribution in [3.63, 3.8) is 0 Å². The van der Waals surface area contributed by atoms with Gasteiger partial charge < -0.3 is 5.73 Å². The van der Waals surface area contributed by atoms with E-state index in [-0.39, 0.29) is 11.3 Å². The summed E-state index contributed by atoms with van der Waals surface area (Å²) in [5, 5.41) is 0. The average molecular weight is 305 g/mol. The summed E-state index contributed by atoms with van der Waals surface area (Å²) in [5.74, 6) is 1.13. The first-order valence-corrected chi connectivity index (χ1v) is 10.1. The first-order chi connectivity index (χ1) is 9.37. The average Bonchev–Trinajstić information content (AvgIpc) is 2.42. The molecule has 0 aromatic carbocycles. The van der Waals surface area contributed by atoms with E-state index < -0.39 is 9.84 Å². The van der Waals surface area contributed by atoms with Crippen molar-refractivity contribution in [3.05, 3.63) is 0 Å². The highest BCUT2D eigenvalue weighted by atomic mass is 32.2. The van der Waals surface area contributed by atoms with Crippen LogP contribution in [0.25, 0.3) is 0 Å². The molecule has 0 spiro atoms. The van der Waals surface area contributed by atoms with Crippen LogP contribution >= 0.6 is 0 Å². The second-order valence-corrected chi connectivity index (χ2v) is 8.60. The van der Waals surface area contributed by atoms with Crippen molar-refractivity contribution >= 4 is 9.84 Å². The van der Waals surface area contributed by atoms with Crippen molar-refractivity contribution in [3.8, 4) is 0 Å². The molecule has 5 heteroatoms. The van der Waals surface area contributed by atoms with Crippen LogP contribution in [-0.4, -0.2) is 50.5 Å². The third-order valence-electron chi connectivity index (χ3n) is 4.99. The Balaban J connectivity index is 2.60. The maximum Gasteiger partial charge on any atom is 0.147 e. The summed E-state index contributed by atoms with van der Waals surface area (Å²) in [6, 6.07) is 0. The predicted molar refractivity (Wildman–Crippen MR) is 85.6 cm³/mol. The van der Waals surface area contributed by atoms with Crippen LogP contribution in [-0.2, 0) is 9.84 Å². The number of sulfone groups is 1. The predicted octanol–water partition coefficient (Wildman–Crippen LogP) is 2.04. The first kappa shape index (κ1) is 17.9. The van der Waals surface area contributed by atoms with Gasteiger partial charge in [-0.05, 0) is 51.1 Å². The Hall–Kier alpha value is -0.130. The summed E-state index contributed by atoms with van der Waals surface area (Å²) in [6.07, 6.45) is 8.14. The lowest BCUT2D eigenvalue weighted by Gasteiger charge is -2.47. The molecule has 0 heterocycles. The normalized spacial score (nSPS) is 27.9. The molecule has 0 radical (unpaired) electrons. The molecule has 4 nitrogen and oxygen atoms in total. The van der Waals surface area contributed by atoms with E-state index in [0.29, 0.717) is 13.0 Å². The molecule has 2 N–H and O–H groups in total. The lowest BCUT2D eigenvalue weighted by Crippen LogP contribution is -2.56. The molecule has 0 amide bonds. The number of hydrogen-bond acceptors (Lipinski definition) is 4. The molecule has 0 aliphatic heterocycles. The van der Waals surface area contributed by atoms with E-state index in [2.05, 4.69) is 18.7 Å². The Morgan fingerprint density at radius 1 is 1.25 bits per heavy atom. The minimum Gasteiger partial charge on any atom is -0.329 e. The molecule has 0 saturated heterocycles. The SMILES string of the molecule is CCC1CCC(CN)(N(CC)CCCS(C)(=O)=O)CC1. The minimum absolute atomic E-state index is 0.109. The van der Waals surface area contributed by atoms with Gasteiger partial charge in [-0.15, -0.1) is 0 Å². The Bertz CT molecular complexity index is 373. The fourth-order valence-electron chi connectivity index (χ4n) is 3.52. The molecule has 1 aliphatic carbocycles. The van der Waals surface area contributed by atoms with Gasteiger partial charge in [0.05, 0.1) is 5.75 Å². The maximum atomic E-state index is 11.3. The van der Waals surface area contributed by atoms with Crippen molar-refractivity contribution in [2.45, 2.75) is 57.9 Å². The zero-order valence-electron chi connectivity index (χ0n) is 13.4. The molecular formula is C15H32N2O2S. The van der Waals surface area contributed by atoms with Gasteiger partial charge in [-0.2, -0.15) is 0 Å². The molecule has 0 unspecified atom stereocenters. The zero-order valence-corrected chi connectivity index (χ0v) is 14.2. The molecule has 1 saturated carbocycles. The quantitative estimate of drug-likeness (QED) is 0.745. The van der Waals surface area contributed by atoms with Crippen LogP contribution in [0.15, 0.2) is 0 Å². The molecule has 1 fully saturated rings. The first-order valence-electron chi connectivity index (χ1n) is 7.99. The summed E-state index contributed by atoms with van der Waals surface area (Å²) in [7, 11) is -2.86. The Labute approximate surface area is 125 Å². The number of likely N-dealkylation sites (N-methyl/N-ethyl adjacent to an activating group) is 1. The molecule has 120 valence electrons. The van der Waals surface area contributed by atoms with E-state index in [9.17, 15) is 8.42 Å². The van der Waals surface area contributed by atoms with E-state index in [1.165, 1.54) is 25.5 Å². The van der Waals surface area contributed by atoms with Crippen LogP contribution in [0.2, 0.25) is 0 Å². The molecule has 0 bridgehead atoms. The minimum atomic E-state index is -2.86.